The second kappa shape index (κ2) is 8.78. The number of hydrogen-bond donors (Lipinski definition) is 0. The van der Waals surface area contributed by atoms with E-state index in [1.165, 1.54) is 6.92 Å². The molecule has 7 heteroatoms. The van der Waals surface area contributed by atoms with Gasteiger partial charge in [-0.05, 0) is 32.9 Å². The van der Waals surface area contributed by atoms with Gasteiger partial charge in [0.25, 0.3) is 0 Å². The van der Waals surface area contributed by atoms with Crippen molar-refractivity contribution in [2.24, 2.45) is 0 Å². The molecule has 1 aromatic rings. The Morgan fingerprint density at radius 3 is 2.05 bits per heavy atom. The summed E-state index contributed by atoms with van der Waals surface area (Å²) in [5, 5.41) is 0. The SMILES string of the molecule is CCC[Si](OCC)(OCC)OC(C)S(=O)(=O)c1ccccc1. The van der Waals surface area contributed by atoms with Crippen LogP contribution >= 0.6 is 0 Å². The van der Waals surface area contributed by atoms with Crippen molar-refractivity contribution in [1.29, 1.82) is 0 Å². The van der Waals surface area contributed by atoms with Crippen molar-refractivity contribution in [2.75, 3.05) is 13.2 Å². The molecule has 1 unspecified atom stereocenters. The molecule has 0 bridgehead atoms. The minimum absolute atomic E-state index is 0.245. The van der Waals surface area contributed by atoms with Crippen molar-refractivity contribution in [3.8, 4) is 0 Å². The summed E-state index contributed by atoms with van der Waals surface area (Å²) in [5.41, 5.74) is -1.01. The Kier molecular flexibility index (Phi) is 7.71. The molecule has 1 rings (SSSR count). The average molecular weight is 347 g/mol. The van der Waals surface area contributed by atoms with Gasteiger partial charge in [0.15, 0.2) is 5.44 Å². The molecule has 0 amide bonds. The molecule has 5 nitrogen and oxygen atoms in total. The second-order valence-corrected chi connectivity index (χ2v) is 9.75. The minimum Gasteiger partial charge on any atom is -0.374 e. The molecule has 0 saturated carbocycles. The van der Waals surface area contributed by atoms with Gasteiger partial charge in [0, 0.05) is 19.3 Å². The summed E-state index contributed by atoms with van der Waals surface area (Å²) in [5.74, 6) is 0. The third-order valence-electron chi connectivity index (χ3n) is 3.14. The zero-order valence-corrected chi connectivity index (χ0v) is 15.6. The van der Waals surface area contributed by atoms with Crippen LogP contribution in [0.25, 0.3) is 0 Å². The molecule has 0 N–H and O–H groups in total. The van der Waals surface area contributed by atoms with Crippen molar-refractivity contribution in [1.82, 2.24) is 0 Å². The molecule has 1 aromatic carbocycles. The van der Waals surface area contributed by atoms with Crippen LogP contribution in [-0.4, -0.2) is 35.9 Å². The van der Waals surface area contributed by atoms with E-state index in [1.807, 2.05) is 20.8 Å². The van der Waals surface area contributed by atoms with Gasteiger partial charge in [-0.1, -0.05) is 31.5 Å². The fraction of sp³-hybridized carbons (Fsp3) is 0.600. The summed E-state index contributed by atoms with van der Waals surface area (Å²) in [6, 6.07) is 8.91. The van der Waals surface area contributed by atoms with Gasteiger partial charge in [-0.3, -0.25) is 0 Å². The monoisotopic (exact) mass is 346 g/mol. The molecule has 0 aliphatic rings. The molecule has 0 saturated heterocycles. The van der Waals surface area contributed by atoms with Crippen molar-refractivity contribution >= 4 is 18.6 Å². The van der Waals surface area contributed by atoms with Crippen molar-refractivity contribution in [3.63, 3.8) is 0 Å². The normalized spacial score (nSPS) is 14.0. The van der Waals surface area contributed by atoms with Crippen molar-refractivity contribution < 1.29 is 21.7 Å². The van der Waals surface area contributed by atoms with Crippen LogP contribution in [0.15, 0.2) is 35.2 Å². The predicted molar refractivity (Wildman–Crippen MR) is 88.3 cm³/mol. The van der Waals surface area contributed by atoms with Gasteiger partial charge in [-0.25, -0.2) is 8.42 Å². The van der Waals surface area contributed by atoms with E-state index in [2.05, 4.69) is 0 Å². The first-order valence-electron chi connectivity index (χ1n) is 7.66. The van der Waals surface area contributed by atoms with Gasteiger partial charge in [0.05, 0.1) is 4.90 Å². The molecular formula is C15H26O5SSi. The summed E-state index contributed by atoms with van der Waals surface area (Å²) in [6.07, 6.45) is 0.810. The molecule has 1 atom stereocenters. The lowest BCUT2D eigenvalue weighted by Crippen LogP contribution is -2.49. The highest BCUT2D eigenvalue weighted by molar-refractivity contribution is 7.92. The number of benzene rings is 1. The lowest BCUT2D eigenvalue weighted by atomic mass is 10.4. The zero-order chi connectivity index (χ0) is 16.6. The molecule has 0 fully saturated rings. The fourth-order valence-electron chi connectivity index (χ4n) is 2.18. The Balaban J connectivity index is 3.01. The van der Waals surface area contributed by atoms with Crippen LogP contribution in [0.4, 0.5) is 0 Å². The highest BCUT2D eigenvalue weighted by Gasteiger charge is 2.44. The molecule has 0 spiro atoms. The number of rotatable bonds is 10. The smallest absolute Gasteiger partial charge is 0.374 e. The first-order valence-corrected chi connectivity index (χ1v) is 11.1. The lowest BCUT2D eigenvalue weighted by molar-refractivity contribution is 0.0600. The van der Waals surface area contributed by atoms with Crippen LogP contribution in [0.5, 0.6) is 0 Å². The maximum Gasteiger partial charge on any atom is 0.501 e. The average Bonchev–Trinajstić information content (AvgIpc) is 2.49. The summed E-state index contributed by atoms with van der Waals surface area (Å²) in [7, 11) is -6.56. The van der Waals surface area contributed by atoms with Crippen LogP contribution in [0, 0.1) is 0 Å². The maximum absolute atomic E-state index is 12.6. The maximum atomic E-state index is 12.6. The second-order valence-electron chi connectivity index (χ2n) is 4.84. The Morgan fingerprint density at radius 2 is 1.59 bits per heavy atom. The quantitative estimate of drug-likeness (QED) is 0.609. The van der Waals surface area contributed by atoms with Crippen LogP contribution in [0.3, 0.4) is 0 Å². The van der Waals surface area contributed by atoms with Crippen LogP contribution in [0.1, 0.15) is 34.1 Å². The molecule has 126 valence electrons. The topological polar surface area (TPSA) is 61.8 Å². The fourth-order valence-corrected chi connectivity index (χ4v) is 6.67. The number of sulfone groups is 1. The summed E-state index contributed by atoms with van der Waals surface area (Å²) in [6.45, 7) is 8.12. The molecule has 0 aromatic heterocycles. The third kappa shape index (κ3) is 4.89. The van der Waals surface area contributed by atoms with E-state index in [4.69, 9.17) is 13.3 Å². The minimum atomic E-state index is -3.57. The van der Waals surface area contributed by atoms with Crippen molar-refractivity contribution in [3.05, 3.63) is 30.3 Å². The Labute approximate surface area is 134 Å². The molecule has 0 heterocycles. The summed E-state index contributed by atoms with van der Waals surface area (Å²) >= 11 is 0. The van der Waals surface area contributed by atoms with E-state index in [0.29, 0.717) is 19.3 Å². The van der Waals surface area contributed by atoms with E-state index < -0.39 is 24.1 Å². The Hall–Kier alpha value is -0.733. The molecule has 22 heavy (non-hydrogen) atoms. The summed E-state index contributed by atoms with van der Waals surface area (Å²) < 4.78 is 42.6. The highest BCUT2D eigenvalue weighted by Crippen LogP contribution is 2.25. The lowest BCUT2D eigenvalue weighted by Gasteiger charge is -2.31. The number of hydrogen-bond acceptors (Lipinski definition) is 5. The van der Waals surface area contributed by atoms with E-state index in [0.717, 1.165) is 6.42 Å². The Morgan fingerprint density at radius 1 is 1.05 bits per heavy atom. The molecular weight excluding hydrogens is 320 g/mol. The first-order chi connectivity index (χ1) is 10.4. The van der Waals surface area contributed by atoms with Crippen LogP contribution in [-0.2, 0) is 23.1 Å². The largest absolute Gasteiger partial charge is 0.501 e. The first kappa shape index (κ1) is 19.3. The molecule has 0 radical (unpaired) electrons. The van der Waals surface area contributed by atoms with Crippen LogP contribution in [0.2, 0.25) is 6.04 Å². The molecule has 0 aliphatic carbocycles. The van der Waals surface area contributed by atoms with Gasteiger partial charge >= 0.3 is 8.80 Å². The van der Waals surface area contributed by atoms with Gasteiger partial charge in [-0.15, -0.1) is 0 Å². The van der Waals surface area contributed by atoms with E-state index in [9.17, 15) is 8.42 Å². The standard InChI is InChI=1S/C15H26O5SSi/c1-5-13-22(18-6-2,19-7-3)20-14(4)21(16,17)15-11-9-8-10-12-15/h8-12,14H,5-7,13H2,1-4H3. The third-order valence-corrected chi connectivity index (χ3v) is 8.49. The van der Waals surface area contributed by atoms with Gasteiger partial charge in [0.2, 0.25) is 9.84 Å². The van der Waals surface area contributed by atoms with Gasteiger partial charge in [0.1, 0.15) is 0 Å². The van der Waals surface area contributed by atoms with Gasteiger partial charge in [-0.2, -0.15) is 0 Å². The Bertz CT molecular complexity index is 515. The van der Waals surface area contributed by atoms with E-state index >= 15 is 0 Å². The van der Waals surface area contributed by atoms with E-state index in [1.54, 1.807) is 30.3 Å². The van der Waals surface area contributed by atoms with Crippen molar-refractivity contribution in [2.45, 2.75) is 50.5 Å². The highest BCUT2D eigenvalue weighted by atomic mass is 32.2. The van der Waals surface area contributed by atoms with E-state index in [-0.39, 0.29) is 4.90 Å². The van der Waals surface area contributed by atoms with Crippen LogP contribution < -0.4 is 0 Å². The summed E-state index contributed by atoms with van der Waals surface area (Å²) in [4.78, 5) is 0.245. The predicted octanol–water partition coefficient (Wildman–Crippen LogP) is 3.24. The van der Waals surface area contributed by atoms with Gasteiger partial charge < -0.3 is 13.3 Å². The zero-order valence-electron chi connectivity index (χ0n) is 13.7. The molecule has 0 aliphatic heterocycles.